The normalized spacial score (nSPS) is 11.0. The Labute approximate surface area is 147 Å². The first kappa shape index (κ1) is 17.0. The number of carbonyl (C=O) groups is 1. The van der Waals surface area contributed by atoms with Gasteiger partial charge in [-0.3, -0.25) is 18.7 Å². The molecule has 2 heterocycles. The topological polar surface area (TPSA) is 90.9 Å². The fourth-order valence-electron chi connectivity index (χ4n) is 2.58. The summed E-state index contributed by atoms with van der Waals surface area (Å²) in [5.74, 6) is -0.327. The van der Waals surface area contributed by atoms with Gasteiger partial charge in [-0.25, -0.2) is 9.78 Å². The third-order valence-electron chi connectivity index (χ3n) is 3.98. The van der Waals surface area contributed by atoms with Crippen LogP contribution < -0.4 is 16.6 Å². The summed E-state index contributed by atoms with van der Waals surface area (Å²) in [6, 6.07) is 5.21. The molecule has 130 valence electrons. The lowest BCUT2D eigenvalue weighted by Crippen LogP contribution is -2.37. The molecule has 0 saturated carbocycles. The summed E-state index contributed by atoms with van der Waals surface area (Å²) >= 11 is 6.05. The van der Waals surface area contributed by atoms with E-state index in [2.05, 4.69) is 10.3 Å². The quantitative estimate of drug-likeness (QED) is 0.754. The van der Waals surface area contributed by atoms with Crippen LogP contribution in [-0.4, -0.2) is 24.6 Å². The molecule has 0 saturated heterocycles. The van der Waals surface area contributed by atoms with Gasteiger partial charge in [-0.05, 0) is 24.6 Å². The molecule has 0 aliphatic carbocycles. The Morgan fingerprint density at radius 2 is 1.96 bits per heavy atom. The number of fused-ring (bicyclic) bond motifs is 1. The zero-order valence-electron chi connectivity index (χ0n) is 13.9. The number of anilines is 1. The molecule has 3 aromatic rings. The number of carbonyl (C=O) groups excluding carboxylic acids is 1. The van der Waals surface area contributed by atoms with Gasteiger partial charge in [0, 0.05) is 24.8 Å². The van der Waals surface area contributed by atoms with E-state index in [-0.39, 0.29) is 18.0 Å². The molecule has 3 rings (SSSR count). The van der Waals surface area contributed by atoms with Crippen molar-refractivity contribution >= 4 is 34.4 Å². The maximum Gasteiger partial charge on any atom is 0.332 e. The SMILES string of the molecule is Cc1ccc(NC(=O)Cn2cnc3c(=O)n(C)c(=O)n(C)c32)cc1Cl. The molecule has 1 N–H and O–H groups in total. The molecule has 0 bridgehead atoms. The minimum atomic E-state index is -0.498. The lowest BCUT2D eigenvalue weighted by molar-refractivity contribution is -0.116. The summed E-state index contributed by atoms with van der Waals surface area (Å²) in [6.07, 6.45) is 1.37. The molecule has 0 radical (unpaired) electrons. The average molecular weight is 362 g/mol. The molecular weight excluding hydrogens is 346 g/mol. The van der Waals surface area contributed by atoms with E-state index in [9.17, 15) is 14.4 Å². The van der Waals surface area contributed by atoms with Gasteiger partial charge >= 0.3 is 5.69 Å². The monoisotopic (exact) mass is 361 g/mol. The van der Waals surface area contributed by atoms with E-state index in [1.54, 1.807) is 18.2 Å². The van der Waals surface area contributed by atoms with Crippen molar-refractivity contribution in [3.8, 4) is 0 Å². The number of rotatable bonds is 3. The third kappa shape index (κ3) is 2.96. The second-order valence-electron chi connectivity index (χ2n) is 5.76. The number of benzene rings is 1. The molecule has 0 aliphatic heterocycles. The summed E-state index contributed by atoms with van der Waals surface area (Å²) in [7, 11) is 2.91. The van der Waals surface area contributed by atoms with E-state index in [1.807, 2.05) is 6.92 Å². The van der Waals surface area contributed by atoms with Crippen molar-refractivity contribution in [2.75, 3.05) is 5.32 Å². The van der Waals surface area contributed by atoms with E-state index in [0.717, 1.165) is 10.1 Å². The van der Waals surface area contributed by atoms with Crippen LogP contribution >= 0.6 is 11.6 Å². The van der Waals surface area contributed by atoms with E-state index >= 15 is 0 Å². The zero-order chi connectivity index (χ0) is 18.3. The fourth-order valence-corrected chi connectivity index (χ4v) is 2.76. The predicted molar refractivity (Wildman–Crippen MR) is 95.0 cm³/mol. The Morgan fingerprint density at radius 3 is 2.64 bits per heavy atom. The van der Waals surface area contributed by atoms with Gasteiger partial charge in [0.25, 0.3) is 5.56 Å². The van der Waals surface area contributed by atoms with Gasteiger partial charge in [-0.15, -0.1) is 0 Å². The fraction of sp³-hybridized carbons (Fsp3) is 0.250. The summed E-state index contributed by atoms with van der Waals surface area (Å²) in [4.78, 5) is 40.5. The molecule has 9 heteroatoms. The highest BCUT2D eigenvalue weighted by Crippen LogP contribution is 2.20. The van der Waals surface area contributed by atoms with Crippen LogP contribution in [-0.2, 0) is 25.4 Å². The molecule has 0 atom stereocenters. The van der Waals surface area contributed by atoms with E-state index in [1.165, 1.54) is 29.6 Å². The second kappa shape index (κ2) is 6.21. The number of amides is 1. The maximum atomic E-state index is 12.3. The summed E-state index contributed by atoms with van der Waals surface area (Å²) in [6.45, 7) is 1.77. The van der Waals surface area contributed by atoms with Gasteiger partial charge in [0.1, 0.15) is 12.2 Å². The molecule has 25 heavy (non-hydrogen) atoms. The number of aryl methyl sites for hydroxylation is 2. The van der Waals surface area contributed by atoms with Crippen molar-refractivity contribution in [2.45, 2.75) is 13.5 Å². The van der Waals surface area contributed by atoms with Gasteiger partial charge in [0.05, 0.1) is 6.33 Å². The highest BCUT2D eigenvalue weighted by atomic mass is 35.5. The number of hydrogen-bond donors (Lipinski definition) is 1. The Hall–Kier alpha value is -2.87. The molecule has 8 nitrogen and oxygen atoms in total. The summed E-state index contributed by atoms with van der Waals surface area (Å²) < 4.78 is 3.73. The van der Waals surface area contributed by atoms with Crippen LogP contribution in [0.5, 0.6) is 0 Å². The molecule has 0 spiro atoms. The summed E-state index contributed by atoms with van der Waals surface area (Å²) in [5.41, 5.74) is 0.925. The van der Waals surface area contributed by atoms with Gasteiger partial charge < -0.3 is 9.88 Å². The number of hydrogen-bond acceptors (Lipinski definition) is 4. The van der Waals surface area contributed by atoms with E-state index < -0.39 is 11.2 Å². The first-order valence-corrected chi connectivity index (χ1v) is 7.84. The molecule has 2 aromatic heterocycles. The molecule has 1 aromatic carbocycles. The Balaban J connectivity index is 1.93. The molecule has 1 amide bonds. The van der Waals surface area contributed by atoms with Crippen molar-refractivity contribution in [3.63, 3.8) is 0 Å². The lowest BCUT2D eigenvalue weighted by Gasteiger charge is -2.10. The van der Waals surface area contributed by atoms with Crippen molar-refractivity contribution in [3.05, 3.63) is 56.0 Å². The Kier molecular flexibility index (Phi) is 4.22. The van der Waals surface area contributed by atoms with Crippen molar-refractivity contribution < 1.29 is 4.79 Å². The first-order valence-electron chi connectivity index (χ1n) is 7.46. The highest BCUT2D eigenvalue weighted by molar-refractivity contribution is 6.31. The highest BCUT2D eigenvalue weighted by Gasteiger charge is 2.15. The van der Waals surface area contributed by atoms with Crippen LogP contribution in [0.4, 0.5) is 5.69 Å². The molecule has 0 aliphatic rings. The van der Waals surface area contributed by atoms with Crippen molar-refractivity contribution in [2.24, 2.45) is 14.1 Å². The van der Waals surface area contributed by atoms with Crippen LogP contribution in [0, 0.1) is 6.92 Å². The number of nitrogens with zero attached hydrogens (tertiary/aromatic N) is 4. The number of nitrogens with one attached hydrogen (secondary N) is 1. The average Bonchev–Trinajstić information content (AvgIpc) is 2.98. The minimum Gasteiger partial charge on any atom is -0.324 e. The van der Waals surface area contributed by atoms with Crippen LogP contribution in [0.15, 0.2) is 34.1 Å². The van der Waals surface area contributed by atoms with Gasteiger partial charge in [-0.1, -0.05) is 17.7 Å². The predicted octanol–water partition coefficient (Wildman–Crippen LogP) is 1.03. The second-order valence-corrected chi connectivity index (χ2v) is 6.17. The third-order valence-corrected chi connectivity index (χ3v) is 4.39. The van der Waals surface area contributed by atoms with Crippen LogP contribution in [0.25, 0.3) is 11.2 Å². The van der Waals surface area contributed by atoms with Crippen LogP contribution in [0.2, 0.25) is 5.02 Å². The van der Waals surface area contributed by atoms with Gasteiger partial charge in [-0.2, -0.15) is 0 Å². The van der Waals surface area contributed by atoms with E-state index in [4.69, 9.17) is 11.6 Å². The molecule has 0 unspecified atom stereocenters. The smallest absolute Gasteiger partial charge is 0.324 e. The lowest BCUT2D eigenvalue weighted by atomic mass is 10.2. The maximum absolute atomic E-state index is 12.3. The van der Waals surface area contributed by atoms with Gasteiger partial charge in [0.15, 0.2) is 5.52 Å². The van der Waals surface area contributed by atoms with Crippen LogP contribution in [0.3, 0.4) is 0 Å². The summed E-state index contributed by atoms with van der Waals surface area (Å²) in [5, 5.41) is 3.28. The van der Waals surface area contributed by atoms with Gasteiger partial charge in [0.2, 0.25) is 5.91 Å². The van der Waals surface area contributed by atoms with Crippen molar-refractivity contribution in [1.29, 1.82) is 0 Å². The minimum absolute atomic E-state index is 0.0948. The number of halogens is 1. The Morgan fingerprint density at radius 1 is 1.24 bits per heavy atom. The first-order chi connectivity index (χ1) is 11.8. The molecule has 0 fully saturated rings. The number of aromatic nitrogens is 4. The largest absolute Gasteiger partial charge is 0.332 e. The van der Waals surface area contributed by atoms with Crippen LogP contribution in [0.1, 0.15) is 5.56 Å². The number of imidazole rings is 1. The van der Waals surface area contributed by atoms with E-state index in [0.29, 0.717) is 16.4 Å². The standard InChI is InChI=1S/C16H16ClN5O3/c1-9-4-5-10(6-11(9)17)19-12(23)7-22-8-18-13-14(22)20(2)16(25)21(3)15(13)24/h4-6,8H,7H2,1-3H3,(H,19,23). The zero-order valence-corrected chi connectivity index (χ0v) is 14.7. The van der Waals surface area contributed by atoms with Crippen molar-refractivity contribution in [1.82, 2.24) is 18.7 Å². The Bertz CT molecular complexity index is 1110. The molecular formula is C16H16ClN5O3.